The smallest absolute Gasteiger partial charge is 0.303 e. The van der Waals surface area contributed by atoms with Gasteiger partial charge in [-0.05, 0) is 32.1 Å². The number of carbonyl (C=O) groups is 2. The molecule has 0 rings (SSSR count). The summed E-state index contributed by atoms with van der Waals surface area (Å²) in [6.07, 6.45) is 11.5. The van der Waals surface area contributed by atoms with Crippen molar-refractivity contribution >= 4 is 12.3 Å². The highest BCUT2D eigenvalue weighted by Gasteiger charge is 2.29. The molecule has 0 heterocycles. The van der Waals surface area contributed by atoms with Crippen molar-refractivity contribution in [3.05, 3.63) is 12.2 Å². The summed E-state index contributed by atoms with van der Waals surface area (Å²) >= 11 is 0. The molecular weight excluding hydrogens is 392 g/mol. The second kappa shape index (κ2) is 22.4. The molecule has 8 heteroatoms. The van der Waals surface area contributed by atoms with Crippen LogP contribution in [0.2, 0.25) is 0 Å². The number of aliphatic hydroxyl groups is 5. The fourth-order valence-electron chi connectivity index (χ4n) is 2.61. The van der Waals surface area contributed by atoms with Crippen LogP contribution in [0, 0.1) is 0 Å². The molecule has 4 unspecified atom stereocenters. The molecule has 0 fully saturated rings. The lowest BCUT2D eigenvalue weighted by molar-refractivity contribution is -0.137. The van der Waals surface area contributed by atoms with Crippen LogP contribution in [0.1, 0.15) is 84.0 Å². The number of aldehydes is 1. The predicted octanol–water partition coefficient (Wildman–Crippen LogP) is 1.95. The van der Waals surface area contributed by atoms with Crippen molar-refractivity contribution in [2.24, 2.45) is 0 Å². The summed E-state index contributed by atoms with van der Waals surface area (Å²) in [7, 11) is 0. The highest BCUT2D eigenvalue weighted by Crippen LogP contribution is 2.08. The minimum Gasteiger partial charge on any atom is -0.481 e. The van der Waals surface area contributed by atoms with Crippen LogP contribution < -0.4 is 0 Å². The third kappa shape index (κ3) is 20.0. The van der Waals surface area contributed by atoms with Gasteiger partial charge in [0.05, 0.1) is 6.61 Å². The van der Waals surface area contributed by atoms with E-state index in [1.54, 1.807) is 0 Å². The van der Waals surface area contributed by atoms with E-state index in [0.29, 0.717) is 6.42 Å². The Hall–Kier alpha value is -1.32. The van der Waals surface area contributed by atoms with Gasteiger partial charge in [-0.25, -0.2) is 0 Å². The lowest BCUT2D eigenvalue weighted by atomic mass is 10.0. The van der Waals surface area contributed by atoms with Gasteiger partial charge in [0.1, 0.15) is 24.4 Å². The van der Waals surface area contributed by atoms with Gasteiger partial charge in [-0.3, -0.25) is 4.79 Å². The molecule has 0 bridgehead atoms. The molecule has 0 spiro atoms. The van der Waals surface area contributed by atoms with E-state index in [0.717, 1.165) is 12.8 Å². The molecule has 0 saturated carbocycles. The Morgan fingerprint density at radius 2 is 1.30 bits per heavy atom. The standard InChI is InChI=1S/C16H30O2.C6H12O6/c1-2-3-4-5-6-7-8-9-10-11-12-13-14-15-16(17)18;7-1-3(9)5(11)6(12)4(10)2-8/h7-8H,2-6,9-15H2,1H3,(H,17,18);1,3-6,8-12H,2H2/b8-7-;. The summed E-state index contributed by atoms with van der Waals surface area (Å²) in [6, 6.07) is 0. The number of carboxylic acids is 1. The predicted molar refractivity (Wildman–Crippen MR) is 115 cm³/mol. The number of unbranched alkanes of at least 4 members (excludes halogenated alkanes) is 9. The number of aliphatic hydroxyl groups excluding tert-OH is 5. The number of aliphatic carboxylic acids is 1. The SMILES string of the molecule is CCCCCC/C=C\CCCCCCCC(=O)O.O=CC(O)C(O)C(O)C(O)CO. The number of carbonyl (C=O) groups excluding carboxylic acids is 1. The lowest BCUT2D eigenvalue weighted by Gasteiger charge is -2.22. The van der Waals surface area contributed by atoms with E-state index in [4.69, 9.17) is 30.6 Å². The van der Waals surface area contributed by atoms with Crippen LogP contribution in [0.25, 0.3) is 0 Å². The largest absolute Gasteiger partial charge is 0.481 e. The molecule has 4 atom stereocenters. The third-order valence-electron chi connectivity index (χ3n) is 4.57. The van der Waals surface area contributed by atoms with Gasteiger partial charge >= 0.3 is 5.97 Å². The Bertz CT molecular complexity index is 427. The normalized spacial score (nSPS) is 15.1. The van der Waals surface area contributed by atoms with Crippen LogP contribution in [0.4, 0.5) is 0 Å². The number of hydrogen-bond donors (Lipinski definition) is 6. The van der Waals surface area contributed by atoms with Crippen molar-refractivity contribution in [3.8, 4) is 0 Å². The maximum absolute atomic E-state index is 10.3. The second-order valence-corrected chi connectivity index (χ2v) is 7.38. The van der Waals surface area contributed by atoms with Gasteiger partial charge in [0.25, 0.3) is 0 Å². The average molecular weight is 435 g/mol. The Kier molecular flexibility index (Phi) is 23.0. The van der Waals surface area contributed by atoms with Gasteiger partial charge < -0.3 is 35.4 Å². The van der Waals surface area contributed by atoms with Crippen LogP contribution in [-0.4, -0.2) is 73.9 Å². The first-order chi connectivity index (χ1) is 14.3. The lowest BCUT2D eigenvalue weighted by Crippen LogP contribution is -2.46. The molecule has 6 N–H and O–H groups in total. The van der Waals surface area contributed by atoms with E-state index in [9.17, 15) is 9.59 Å². The zero-order chi connectivity index (χ0) is 23.2. The van der Waals surface area contributed by atoms with Crippen molar-refractivity contribution < 1.29 is 40.2 Å². The Balaban J connectivity index is 0. The van der Waals surface area contributed by atoms with Crippen molar-refractivity contribution in [2.75, 3.05) is 6.61 Å². The molecule has 0 radical (unpaired) electrons. The molecule has 8 nitrogen and oxygen atoms in total. The van der Waals surface area contributed by atoms with E-state index in [2.05, 4.69) is 19.1 Å². The zero-order valence-electron chi connectivity index (χ0n) is 18.2. The van der Waals surface area contributed by atoms with Gasteiger partial charge in [0.15, 0.2) is 6.29 Å². The van der Waals surface area contributed by atoms with Crippen LogP contribution in [0.15, 0.2) is 12.2 Å². The van der Waals surface area contributed by atoms with Crippen molar-refractivity contribution in [3.63, 3.8) is 0 Å². The quantitative estimate of drug-likeness (QED) is 0.109. The first-order valence-corrected chi connectivity index (χ1v) is 11.0. The summed E-state index contributed by atoms with van der Waals surface area (Å²) in [5, 5.41) is 52.0. The van der Waals surface area contributed by atoms with Gasteiger partial charge in [-0.1, -0.05) is 57.6 Å². The summed E-state index contributed by atoms with van der Waals surface area (Å²) in [5.74, 6) is -0.666. The molecule has 0 aromatic heterocycles. The first kappa shape index (κ1) is 30.9. The minimum atomic E-state index is -1.79. The zero-order valence-corrected chi connectivity index (χ0v) is 18.2. The highest BCUT2D eigenvalue weighted by molar-refractivity contribution is 5.66. The van der Waals surface area contributed by atoms with Crippen LogP contribution >= 0.6 is 0 Å². The highest BCUT2D eigenvalue weighted by atomic mass is 16.4. The maximum atomic E-state index is 10.3. The van der Waals surface area contributed by atoms with Crippen molar-refractivity contribution in [1.29, 1.82) is 0 Å². The first-order valence-electron chi connectivity index (χ1n) is 11.0. The molecule has 0 aromatic rings. The summed E-state index contributed by atoms with van der Waals surface area (Å²) < 4.78 is 0. The molecule has 30 heavy (non-hydrogen) atoms. The van der Waals surface area contributed by atoms with E-state index < -0.39 is 37.0 Å². The molecule has 0 amide bonds. The Morgan fingerprint density at radius 3 is 1.77 bits per heavy atom. The molecule has 0 saturated heterocycles. The van der Waals surface area contributed by atoms with Crippen LogP contribution in [0.5, 0.6) is 0 Å². The Labute approximate surface area is 180 Å². The molecule has 0 aliphatic carbocycles. The molecule has 0 aliphatic rings. The molecular formula is C22H42O8. The van der Waals surface area contributed by atoms with E-state index in [-0.39, 0.29) is 6.29 Å². The fraction of sp³-hybridized carbons (Fsp3) is 0.818. The van der Waals surface area contributed by atoms with Gasteiger partial charge in [0, 0.05) is 6.42 Å². The number of carboxylic acid groups (broad SMARTS) is 1. The van der Waals surface area contributed by atoms with E-state index in [1.807, 2.05) is 0 Å². The summed E-state index contributed by atoms with van der Waals surface area (Å²) in [6.45, 7) is 1.48. The molecule has 0 aliphatic heterocycles. The van der Waals surface area contributed by atoms with Crippen molar-refractivity contribution in [1.82, 2.24) is 0 Å². The minimum absolute atomic E-state index is 0.0258. The van der Waals surface area contributed by atoms with Crippen molar-refractivity contribution in [2.45, 2.75) is 108 Å². The van der Waals surface area contributed by atoms with Crippen LogP contribution in [-0.2, 0) is 9.59 Å². The van der Waals surface area contributed by atoms with Gasteiger partial charge in [-0.2, -0.15) is 0 Å². The molecule has 178 valence electrons. The van der Waals surface area contributed by atoms with E-state index >= 15 is 0 Å². The Morgan fingerprint density at radius 1 is 0.800 bits per heavy atom. The van der Waals surface area contributed by atoms with E-state index in [1.165, 1.54) is 57.8 Å². The summed E-state index contributed by atoms with van der Waals surface area (Å²) in [5.41, 5.74) is 0. The summed E-state index contributed by atoms with van der Waals surface area (Å²) in [4.78, 5) is 20.2. The maximum Gasteiger partial charge on any atom is 0.303 e. The number of rotatable bonds is 18. The number of allylic oxidation sites excluding steroid dienone is 2. The number of hydrogen-bond acceptors (Lipinski definition) is 7. The third-order valence-corrected chi connectivity index (χ3v) is 4.57. The average Bonchev–Trinajstić information content (AvgIpc) is 2.74. The topological polar surface area (TPSA) is 156 Å². The fourth-order valence-corrected chi connectivity index (χ4v) is 2.61. The monoisotopic (exact) mass is 434 g/mol. The van der Waals surface area contributed by atoms with Gasteiger partial charge in [0.2, 0.25) is 0 Å². The molecule has 0 aromatic carbocycles. The van der Waals surface area contributed by atoms with Gasteiger partial charge in [-0.15, -0.1) is 0 Å². The van der Waals surface area contributed by atoms with Crippen LogP contribution in [0.3, 0.4) is 0 Å². The second-order valence-electron chi connectivity index (χ2n) is 7.38.